The van der Waals surface area contributed by atoms with Crippen LogP contribution in [0.25, 0.3) is 0 Å². The summed E-state index contributed by atoms with van der Waals surface area (Å²) in [5, 5.41) is 12.8. The molecule has 1 N–H and O–H groups in total. The molecule has 1 aliphatic rings. The predicted octanol–water partition coefficient (Wildman–Crippen LogP) is 0.615. The van der Waals surface area contributed by atoms with E-state index in [2.05, 4.69) is 16.3 Å². The monoisotopic (exact) mass is 255 g/mol. The Labute approximate surface area is 110 Å². The van der Waals surface area contributed by atoms with Crippen molar-refractivity contribution < 1.29 is 9.47 Å². The number of ether oxygens (including phenoxy) is 2. The fourth-order valence-electron chi connectivity index (χ4n) is 1.95. The summed E-state index contributed by atoms with van der Waals surface area (Å²) in [5.74, 6) is 0. The van der Waals surface area contributed by atoms with Gasteiger partial charge in [0, 0.05) is 39.9 Å². The van der Waals surface area contributed by atoms with Gasteiger partial charge in [-0.05, 0) is 19.8 Å². The first-order valence-electron chi connectivity index (χ1n) is 6.52. The van der Waals surface area contributed by atoms with Crippen LogP contribution in [0, 0.1) is 11.3 Å². The van der Waals surface area contributed by atoms with Gasteiger partial charge in [0.1, 0.15) is 5.54 Å². The lowest BCUT2D eigenvalue weighted by molar-refractivity contribution is 0.102. The molecule has 0 spiro atoms. The summed E-state index contributed by atoms with van der Waals surface area (Å²) < 4.78 is 10.2. The minimum Gasteiger partial charge on any atom is -0.383 e. The smallest absolute Gasteiger partial charge is 0.116 e. The molecule has 0 aromatic rings. The molecule has 5 heteroatoms. The maximum atomic E-state index is 9.36. The fourth-order valence-corrected chi connectivity index (χ4v) is 1.95. The van der Waals surface area contributed by atoms with Gasteiger partial charge in [0.15, 0.2) is 0 Å². The average molecular weight is 255 g/mol. The molecule has 1 aliphatic carbocycles. The van der Waals surface area contributed by atoms with Crippen LogP contribution in [-0.4, -0.2) is 63.5 Å². The van der Waals surface area contributed by atoms with E-state index in [1.54, 1.807) is 14.2 Å². The Morgan fingerprint density at radius 3 is 2.22 bits per heavy atom. The van der Waals surface area contributed by atoms with E-state index in [0.717, 1.165) is 13.1 Å². The van der Waals surface area contributed by atoms with Crippen LogP contribution in [0.3, 0.4) is 0 Å². The molecule has 0 heterocycles. The number of nitrogens with one attached hydrogen (secondary N) is 1. The van der Waals surface area contributed by atoms with Crippen molar-refractivity contribution in [3.05, 3.63) is 0 Å². The molecule has 0 aliphatic heterocycles. The van der Waals surface area contributed by atoms with Crippen LogP contribution in [0.15, 0.2) is 0 Å². The zero-order chi connectivity index (χ0) is 13.4. The fraction of sp³-hybridized carbons (Fsp3) is 0.923. The molecule has 0 aromatic carbocycles. The van der Waals surface area contributed by atoms with Gasteiger partial charge in [-0.2, -0.15) is 5.26 Å². The number of nitriles is 1. The highest BCUT2D eigenvalue weighted by atomic mass is 16.5. The number of hydrogen-bond donors (Lipinski definition) is 1. The highest BCUT2D eigenvalue weighted by Crippen LogP contribution is 2.22. The Kier molecular flexibility index (Phi) is 6.58. The lowest BCUT2D eigenvalue weighted by Crippen LogP contribution is -2.52. The molecule has 0 saturated heterocycles. The van der Waals surface area contributed by atoms with Gasteiger partial charge in [-0.15, -0.1) is 0 Å². The standard InChI is InChI=1S/C13H25N3O2/c1-13(10-14,15-12-4-5-12)11-16(6-8-17-2)7-9-18-3/h12,15H,4-9,11H2,1-3H3. The maximum absolute atomic E-state index is 9.36. The van der Waals surface area contributed by atoms with Crippen molar-refractivity contribution in [1.29, 1.82) is 5.26 Å². The minimum atomic E-state index is -0.483. The summed E-state index contributed by atoms with van der Waals surface area (Å²) in [6.07, 6.45) is 2.38. The van der Waals surface area contributed by atoms with Crippen LogP contribution >= 0.6 is 0 Å². The summed E-state index contributed by atoms with van der Waals surface area (Å²) >= 11 is 0. The second-order valence-electron chi connectivity index (χ2n) is 5.12. The Bertz CT molecular complexity index is 268. The second kappa shape index (κ2) is 7.70. The molecule has 5 nitrogen and oxygen atoms in total. The molecule has 1 rings (SSSR count). The van der Waals surface area contributed by atoms with Gasteiger partial charge in [-0.1, -0.05) is 0 Å². The third-order valence-electron chi connectivity index (χ3n) is 3.11. The number of nitrogens with zero attached hydrogens (tertiary/aromatic N) is 2. The van der Waals surface area contributed by atoms with Crippen molar-refractivity contribution in [2.75, 3.05) is 47.1 Å². The zero-order valence-electron chi connectivity index (χ0n) is 11.7. The van der Waals surface area contributed by atoms with Gasteiger partial charge in [-0.25, -0.2) is 0 Å². The SMILES string of the molecule is COCCN(CCOC)CC(C)(C#N)NC1CC1. The summed E-state index contributed by atoms with van der Waals surface area (Å²) in [6, 6.07) is 2.93. The molecule has 0 radical (unpaired) electrons. The Morgan fingerprint density at radius 1 is 1.28 bits per heavy atom. The molecule has 1 saturated carbocycles. The maximum Gasteiger partial charge on any atom is 0.116 e. The highest BCUT2D eigenvalue weighted by Gasteiger charge is 2.33. The number of rotatable bonds is 10. The number of methoxy groups -OCH3 is 2. The third kappa shape index (κ3) is 5.78. The van der Waals surface area contributed by atoms with Crippen LogP contribution in [-0.2, 0) is 9.47 Å². The molecular weight excluding hydrogens is 230 g/mol. The van der Waals surface area contributed by atoms with Gasteiger partial charge < -0.3 is 9.47 Å². The van der Waals surface area contributed by atoms with E-state index in [0.29, 0.717) is 25.8 Å². The van der Waals surface area contributed by atoms with E-state index in [1.165, 1.54) is 12.8 Å². The van der Waals surface area contributed by atoms with Crippen molar-refractivity contribution in [3.63, 3.8) is 0 Å². The van der Waals surface area contributed by atoms with E-state index in [1.807, 2.05) is 6.92 Å². The second-order valence-corrected chi connectivity index (χ2v) is 5.12. The molecule has 1 atom stereocenters. The van der Waals surface area contributed by atoms with Crippen molar-refractivity contribution in [2.45, 2.75) is 31.3 Å². The molecule has 104 valence electrons. The Balaban J connectivity index is 2.46. The van der Waals surface area contributed by atoms with E-state index in [9.17, 15) is 5.26 Å². The Hall–Kier alpha value is -0.670. The van der Waals surface area contributed by atoms with E-state index >= 15 is 0 Å². The van der Waals surface area contributed by atoms with Crippen LogP contribution < -0.4 is 5.32 Å². The quantitative estimate of drug-likeness (QED) is 0.620. The van der Waals surface area contributed by atoms with Gasteiger partial charge in [-0.3, -0.25) is 10.2 Å². The largest absolute Gasteiger partial charge is 0.383 e. The number of hydrogen-bond acceptors (Lipinski definition) is 5. The molecule has 0 bridgehead atoms. The first-order valence-corrected chi connectivity index (χ1v) is 6.52. The van der Waals surface area contributed by atoms with Crippen molar-refractivity contribution in [2.24, 2.45) is 0 Å². The lowest BCUT2D eigenvalue weighted by atomic mass is 10.0. The third-order valence-corrected chi connectivity index (χ3v) is 3.11. The zero-order valence-corrected chi connectivity index (χ0v) is 11.7. The minimum absolute atomic E-state index is 0.483. The highest BCUT2D eigenvalue weighted by molar-refractivity contribution is 5.08. The van der Waals surface area contributed by atoms with Crippen molar-refractivity contribution >= 4 is 0 Å². The summed E-state index contributed by atoms with van der Waals surface area (Å²) in [4.78, 5) is 2.21. The molecule has 0 aromatic heterocycles. The van der Waals surface area contributed by atoms with Gasteiger partial charge in [0.2, 0.25) is 0 Å². The first-order chi connectivity index (χ1) is 8.63. The topological polar surface area (TPSA) is 57.5 Å². The summed E-state index contributed by atoms with van der Waals surface area (Å²) in [6.45, 7) is 5.67. The lowest BCUT2D eigenvalue weighted by Gasteiger charge is -2.31. The van der Waals surface area contributed by atoms with Gasteiger partial charge in [0.05, 0.1) is 19.3 Å². The van der Waals surface area contributed by atoms with E-state index in [-0.39, 0.29) is 0 Å². The average Bonchev–Trinajstić information content (AvgIpc) is 3.16. The van der Waals surface area contributed by atoms with Gasteiger partial charge >= 0.3 is 0 Å². The van der Waals surface area contributed by atoms with Gasteiger partial charge in [0.25, 0.3) is 0 Å². The van der Waals surface area contributed by atoms with Crippen LogP contribution in [0.5, 0.6) is 0 Å². The van der Waals surface area contributed by atoms with Crippen LogP contribution in [0.4, 0.5) is 0 Å². The molecule has 1 unspecified atom stereocenters. The summed E-state index contributed by atoms with van der Waals surface area (Å²) in [7, 11) is 3.39. The molecule has 0 amide bonds. The van der Waals surface area contributed by atoms with Crippen LogP contribution in [0.2, 0.25) is 0 Å². The van der Waals surface area contributed by atoms with Crippen molar-refractivity contribution in [1.82, 2.24) is 10.2 Å². The molecule has 1 fully saturated rings. The predicted molar refractivity (Wildman–Crippen MR) is 70.4 cm³/mol. The molecular formula is C13H25N3O2. The van der Waals surface area contributed by atoms with Crippen LogP contribution in [0.1, 0.15) is 19.8 Å². The first kappa shape index (κ1) is 15.4. The Morgan fingerprint density at radius 2 is 1.83 bits per heavy atom. The van der Waals surface area contributed by atoms with E-state index in [4.69, 9.17) is 9.47 Å². The summed E-state index contributed by atoms with van der Waals surface area (Å²) in [5.41, 5.74) is -0.483. The van der Waals surface area contributed by atoms with E-state index < -0.39 is 5.54 Å². The van der Waals surface area contributed by atoms with Crippen molar-refractivity contribution in [3.8, 4) is 6.07 Å². The molecule has 18 heavy (non-hydrogen) atoms. The normalized spacial score (nSPS) is 18.6.